The maximum absolute atomic E-state index is 12.5. The molecule has 5 nitrogen and oxygen atoms in total. The molecule has 0 saturated heterocycles. The summed E-state index contributed by atoms with van der Waals surface area (Å²) in [6, 6.07) is 1.80. The van der Waals surface area contributed by atoms with Crippen LogP contribution in [-0.4, -0.2) is 46.3 Å². The van der Waals surface area contributed by atoms with Crippen molar-refractivity contribution in [2.24, 2.45) is 0 Å². The van der Waals surface area contributed by atoms with Crippen molar-refractivity contribution in [3.63, 3.8) is 0 Å². The van der Waals surface area contributed by atoms with Gasteiger partial charge in [0.2, 0.25) is 5.91 Å². The number of carbonyl (C=O) groups is 1. The fraction of sp³-hybridized carbons (Fsp3) is 0.800. The van der Waals surface area contributed by atoms with Crippen molar-refractivity contribution in [3.8, 4) is 0 Å². The lowest BCUT2D eigenvalue weighted by Crippen LogP contribution is -2.44. The molecule has 0 aliphatic heterocycles. The predicted molar refractivity (Wildman–Crippen MR) is 105 cm³/mol. The summed E-state index contributed by atoms with van der Waals surface area (Å²) in [5.41, 5.74) is 1.01. The molecule has 1 amide bonds. The van der Waals surface area contributed by atoms with E-state index in [1.165, 1.54) is 38.5 Å². The van der Waals surface area contributed by atoms with E-state index < -0.39 is 0 Å². The number of aryl methyl sites for hydroxylation is 1. The zero-order chi connectivity index (χ0) is 18.7. The van der Waals surface area contributed by atoms with Crippen LogP contribution in [0.3, 0.4) is 0 Å². The van der Waals surface area contributed by atoms with Gasteiger partial charge in [0.1, 0.15) is 6.04 Å². The van der Waals surface area contributed by atoms with Crippen LogP contribution in [0.25, 0.3) is 0 Å². The quantitative estimate of drug-likeness (QED) is 0.548. The zero-order valence-corrected chi connectivity index (χ0v) is 16.9. The van der Waals surface area contributed by atoms with E-state index >= 15 is 0 Å². The number of hydrogen-bond donors (Lipinski definition) is 1. The SMILES string of the molecule is CCCCCN(CCCCC)CC(C)NC(=O)C(C)n1nccc1C. The van der Waals surface area contributed by atoms with Crippen molar-refractivity contribution in [2.45, 2.75) is 85.2 Å². The van der Waals surface area contributed by atoms with Crippen LogP contribution in [-0.2, 0) is 4.79 Å². The molecule has 2 atom stereocenters. The first-order valence-corrected chi connectivity index (χ1v) is 10.0. The van der Waals surface area contributed by atoms with Crippen LogP contribution in [0.15, 0.2) is 12.3 Å². The lowest BCUT2D eigenvalue weighted by atomic mass is 10.2. The van der Waals surface area contributed by atoms with E-state index in [9.17, 15) is 4.79 Å². The topological polar surface area (TPSA) is 50.2 Å². The summed E-state index contributed by atoms with van der Waals surface area (Å²) in [7, 11) is 0. The Kier molecular flexibility index (Phi) is 10.5. The molecule has 0 saturated carbocycles. The van der Waals surface area contributed by atoms with Crippen molar-refractivity contribution in [3.05, 3.63) is 18.0 Å². The molecule has 1 N–H and O–H groups in total. The van der Waals surface area contributed by atoms with E-state index in [0.29, 0.717) is 0 Å². The van der Waals surface area contributed by atoms with Gasteiger partial charge in [0.25, 0.3) is 0 Å². The summed E-state index contributed by atoms with van der Waals surface area (Å²) in [6.45, 7) is 13.6. The van der Waals surface area contributed by atoms with Gasteiger partial charge in [-0.3, -0.25) is 9.48 Å². The molecule has 0 spiro atoms. The highest BCUT2D eigenvalue weighted by atomic mass is 16.2. The highest BCUT2D eigenvalue weighted by Gasteiger charge is 2.19. The van der Waals surface area contributed by atoms with E-state index in [2.05, 4.69) is 36.1 Å². The van der Waals surface area contributed by atoms with Gasteiger partial charge in [-0.1, -0.05) is 39.5 Å². The van der Waals surface area contributed by atoms with Crippen LogP contribution >= 0.6 is 0 Å². The summed E-state index contributed by atoms with van der Waals surface area (Å²) in [4.78, 5) is 15.0. The van der Waals surface area contributed by atoms with Crippen molar-refractivity contribution >= 4 is 5.91 Å². The zero-order valence-electron chi connectivity index (χ0n) is 16.9. The monoisotopic (exact) mass is 350 g/mol. The number of nitrogens with one attached hydrogen (secondary N) is 1. The van der Waals surface area contributed by atoms with Gasteiger partial charge in [-0.05, 0) is 52.8 Å². The van der Waals surface area contributed by atoms with Gasteiger partial charge < -0.3 is 10.2 Å². The summed E-state index contributed by atoms with van der Waals surface area (Å²) in [5, 5.41) is 7.42. The molecule has 0 bridgehead atoms. The van der Waals surface area contributed by atoms with E-state index in [4.69, 9.17) is 0 Å². The Bertz CT molecular complexity index is 476. The fourth-order valence-electron chi connectivity index (χ4n) is 3.16. The lowest BCUT2D eigenvalue weighted by Gasteiger charge is -2.27. The minimum absolute atomic E-state index is 0.0429. The highest BCUT2D eigenvalue weighted by molar-refractivity contribution is 5.80. The van der Waals surface area contributed by atoms with Crippen LogP contribution in [0, 0.1) is 6.92 Å². The summed E-state index contributed by atoms with van der Waals surface area (Å²) >= 11 is 0. The van der Waals surface area contributed by atoms with Crippen LogP contribution in [0.1, 0.15) is 78.0 Å². The van der Waals surface area contributed by atoms with Crippen molar-refractivity contribution in [1.82, 2.24) is 20.0 Å². The Hall–Kier alpha value is -1.36. The van der Waals surface area contributed by atoms with Gasteiger partial charge in [-0.15, -0.1) is 0 Å². The first kappa shape index (κ1) is 21.7. The number of aromatic nitrogens is 2. The molecule has 0 radical (unpaired) electrons. The van der Waals surface area contributed by atoms with E-state index in [-0.39, 0.29) is 18.0 Å². The third kappa shape index (κ3) is 8.04. The van der Waals surface area contributed by atoms with Crippen LogP contribution in [0.2, 0.25) is 0 Å². The van der Waals surface area contributed by atoms with Crippen molar-refractivity contribution < 1.29 is 4.79 Å². The normalized spacial score (nSPS) is 13.8. The third-order valence-electron chi connectivity index (χ3n) is 4.69. The van der Waals surface area contributed by atoms with Gasteiger partial charge >= 0.3 is 0 Å². The Labute approximate surface area is 154 Å². The average molecular weight is 351 g/mol. The Morgan fingerprint density at radius 1 is 1.16 bits per heavy atom. The molecule has 0 fully saturated rings. The van der Waals surface area contributed by atoms with Gasteiger partial charge in [0, 0.05) is 24.5 Å². The standard InChI is InChI=1S/C20H38N4O/c1-6-8-10-14-23(15-11-9-7-2)16-17(3)22-20(25)19(5)24-18(4)12-13-21-24/h12-13,17,19H,6-11,14-16H2,1-5H3,(H,22,25). The predicted octanol–water partition coefficient (Wildman–Crippen LogP) is 3.94. The first-order chi connectivity index (χ1) is 12.0. The minimum atomic E-state index is -0.272. The molecular formula is C20H38N4O. The Balaban J connectivity index is 2.49. The van der Waals surface area contributed by atoms with Gasteiger partial charge in [-0.25, -0.2) is 0 Å². The molecule has 0 aliphatic rings. The molecule has 1 rings (SSSR count). The van der Waals surface area contributed by atoms with E-state index in [1.807, 2.05) is 19.9 Å². The molecule has 25 heavy (non-hydrogen) atoms. The summed E-state index contributed by atoms with van der Waals surface area (Å²) in [5.74, 6) is 0.0429. The number of nitrogens with zero attached hydrogens (tertiary/aromatic N) is 3. The summed E-state index contributed by atoms with van der Waals surface area (Å²) in [6.07, 6.45) is 9.27. The second-order valence-corrected chi connectivity index (χ2v) is 7.22. The molecule has 0 aliphatic carbocycles. The number of carbonyl (C=O) groups excluding carboxylic acids is 1. The number of unbranched alkanes of at least 4 members (excludes halogenated alkanes) is 4. The maximum Gasteiger partial charge on any atom is 0.244 e. The molecule has 5 heteroatoms. The van der Waals surface area contributed by atoms with E-state index in [0.717, 1.165) is 25.3 Å². The molecule has 1 aromatic rings. The maximum atomic E-state index is 12.5. The number of rotatable bonds is 13. The second kappa shape index (κ2) is 12.1. The largest absolute Gasteiger partial charge is 0.351 e. The highest BCUT2D eigenvalue weighted by Crippen LogP contribution is 2.09. The van der Waals surface area contributed by atoms with Crippen molar-refractivity contribution in [1.29, 1.82) is 0 Å². The molecule has 1 heterocycles. The van der Waals surface area contributed by atoms with Crippen LogP contribution < -0.4 is 5.32 Å². The van der Waals surface area contributed by atoms with E-state index in [1.54, 1.807) is 10.9 Å². The second-order valence-electron chi connectivity index (χ2n) is 7.22. The Morgan fingerprint density at radius 2 is 1.76 bits per heavy atom. The van der Waals surface area contributed by atoms with Crippen molar-refractivity contribution in [2.75, 3.05) is 19.6 Å². The van der Waals surface area contributed by atoms with Gasteiger partial charge in [-0.2, -0.15) is 5.10 Å². The van der Waals surface area contributed by atoms with Crippen LogP contribution in [0.4, 0.5) is 0 Å². The number of amides is 1. The lowest BCUT2D eigenvalue weighted by molar-refractivity contribution is -0.124. The fourth-order valence-corrected chi connectivity index (χ4v) is 3.16. The minimum Gasteiger partial charge on any atom is -0.351 e. The third-order valence-corrected chi connectivity index (χ3v) is 4.69. The molecule has 2 unspecified atom stereocenters. The smallest absolute Gasteiger partial charge is 0.244 e. The number of hydrogen-bond acceptors (Lipinski definition) is 3. The van der Waals surface area contributed by atoms with Gasteiger partial charge in [0.15, 0.2) is 0 Å². The summed E-state index contributed by atoms with van der Waals surface area (Å²) < 4.78 is 1.78. The molecule has 0 aromatic carbocycles. The first-order valence-electron chi connectivity index (χ1n) is 10.0. The Morgan fingerprint density at radius 3 is 2.24 bits per heavy atom. The molecule has 1 aromatic heterocycles. The molecular weight excluding hydrogens is 312 g/mol. The molecule has 144 valence electrons. The average Bonchev–Trinajstić information content (AvgIpc) is 3.00. The van der Waals surface area contributed by atoms with Gasteiger partial charge in [0.05, 0.1) is 0 Å². The van der Waals surface area contributed by atoms with Crippen LogP contribution in [0.5, 0.6) is 0 Å².